The lowest BCUT2D eigenvalue weighted by Crippen LogP contribution is -2.55. The summed E-state index contributed by atoms with van der Waals surface area (Å²) in [7, 11) is 0. The van der Waals surface area contributed by atoms with E-state index < -0.39 is 0 Å². The SMILES string of the molecule is C/C=C\C=C/C(C)C(=C/C)/C(=C\CC)C1(C)c2ccccc2C2C=CC=CN1N2. The molecule has 0 saturated carbocycles. The van der Waals surface area contributed by atoms with Crippen LogP contribution in [0.15, 0.2) is 96.3 Å². The summed E-state index contributed by atoms with van der Waals surface area (Å²) >= 11 is 0. The lowest BCUT2D eigenvalue weighted by Gasteiger charge is -2.50. The molecule has 29 heavy (non-hydrogen) atoms. The molecule has 152 valence electrons. The van der Waals surface area contributed by atoms with Crippen molar-refractivity contribution < 1.29 is 0 Å². The van der Waals surface area contributed by atoms with Gasteiger partial charge >= 0.3 is 0 Å². The van der Waals surface area contributed by atoms with Gasteiger partial charge in [-0.3, -0.25) is 0 Å². The summed E-state index contributed by atoms with van der Waals surface area (Å²) in [5, 5.41) is 2.30. The second-order valence-corrected chi connectivity index (χ2v) is 7.83. The molecule has 3 unspecified atom stereocenters. The zero-order valence-electron chi connectivity index (χ0n) is 18.4. The minimum absolute atomic E-state index is 0.193. The van der Waals surface area contributed by atoms with Gasteiger partial charge in [-0.25, -0.2) is 5.43 Å². The van der Waals surface area contributed by atoms with E-state index in [1.165, 1.54) is 22.3 Å². The Morgan fingerprint density at radius 3 is 2.72 bits per heavy atom. The maximum atomic E-state index is 3.73. The van der Waals surface area contributed by atoms with Gasteiger partial charge in [0.25, 0.3) is 0 Å². The highest BCUT2D eigenvalue weighted by molar-refractivity contribution is 5.53. The van der Waals surface area contributed by atoms with Crippen molar-refractivity contribution in [2.45, 2.75) is 52.6 Å². The highest BCUT2D eigenvalue weighted by atomic mass is 15.5. The summed E-state index contributed by atoms with van der Waals surface area (Å²) in [5.74, 6) is 0.324. The second kappa shape index (κ2) is 9.28. The van der Waals surface area contributed by atoms with Crippen molar-refractivity contribution in [2.24, 2.45) is 5.92 Å². The van der Waals surface area contributed by atoms with Crippen molar-refractivity contribution in [2.75, 3.05) is 0 Å². The van der Waals surface area contributed by atoms with E-state index in [4.69, 9.17) is 0 Å². The van der Waals surface area contributed by atoms with Gasteiger partial charge in [0.1, 0.15) is 5.54 Å². The van der Waals surface area contributed by atoms with Crippen molar-refractivity contribution in [1.82, 2.24) is 10.4 Å². The molecule has 0 radical (unpaired) electrons. The molecule has 2 aliphatic heterocycles. The van der Waals surface area contributed by atoms with Crippen LogP contribution >= 0.6 is 0 Å². The van der Waals surface area contributed by atoms with Crippen molar-refractivity contribution in [1.29, 1.82) is 0 Å². The lowest BCUT2D eigenvalue weighted by atomic mass is 9.72. The van der Waals surface area contributed by atoms with Crippen LogP contribution in [0.3, 0.4) is 0 Å². The van der Waals surface area contributed by atoms with Gasteiger partial charge in [-0.2, -0.15) is 0 Å². The number of hydrogen-bond donors (Lipinski definition) is 1. The van der Waals surface area contributed by atoms with E-state index in [2.05, 4.69) is 130 Å². The molecule has 0 fully saturated rings. The number of hydrazine groups is 1. The van der Waals surface area contributed by atoms with Gasteiger partial charge in [-0.1, -0.05) is 86.7 Å². The number of benzene rings is 1. The first-order chi connectivity index (χ1) is 14.1. The average Bonchev–Trinajstić information content (AvgIpc) is 2.97. The van der Waals surface area contributed by atoms with Gasteiger partial charge in [-0.05, 0) is 61.5 Å². The molecule has 2 heteroatoms. The minimum atomic E-state index is -0.295. The standard InChI is InChI=1S/C27H34N2/c1-6-9-10-16-21(4)22(8-3)24(15-7-2)27(5)25-18-12-11-17-23(25)26-19-13-14-20-29(27)28-26/h6,8-21,26,28H,7H2,1-5H3/b9-6-,16-10-,22-8-,24-15+. The smallest absolute Gasteiger partial charge is 0.103 e. The van der Waals surface area contributed by atoms with Crippen molar-refractivity contribution >= 4 is 0 Å². The molecule has 1 N–H and O–H groups in total. The third-order valence-electron chi connectivity index (χ3n) is 5.98. The monoisotopic (exact) mass is 386 g/mol. The summed E-state index contributed by atoms with van der Waals surface area (Å²) in [5.41, 5.74) is 8.89. The molecule has 3 rings (SSSR count). The van der Waals surface area contributed by atoms with E-state index >= 15 is 0 Å². The molecule has 2 nitrogen and oxygen atoms in total. The van der Waals surface area contributed by atoms with Crippen LogP contribution in [-0.4, -0.2) is 5.01 Å². The van der Waals surface area contributed by atoms with Crippen LogP contribution in [0.2, 0.25) is 0 Å². The van der Waals surface area contributed by atoms with Crippen LogP contribution in [-0.2, 0) is 5.54 Å². The molecule has 0 aromatic heterocycles. The molecular formula is C27H34N2. The van der Waals surface area contributed by atoms with Gasteiger partial charge in [0, 0.05) is 6.20 Å². The first-order valence-electron chi connectivity index (χ1n) is 10.7. The van der Waals surface area contributed by atoms with E-state index in [9.17, 15) is 0 Å². The number of hydrogen-bond acceptors (Lipinski definition) is 2. The molecule has 0 saturated heterocycles. The summed E-state index contributed by atoms with van der Waals surface area (Å²) in [6.45, 7) is 11.1. The Kier molecular flexibility index (Phi) is 6.76. The highest BCUT2D eigenvalue weighted by Crippen LogP contribution is 2.47. The van der Waals surface area contributed by atoms with Crippen LogP contribution in [0.5, 0.6) is 0 Å². The number of allylic oxidation sites excluding steroid dienone is 8. The van der Waals surface area contributed by atoms with Gasteiger partial charge in [0.2, 0.25) is 0 Å². The van der Waals surface area contributed by atoms with Gasteiger partial charge in [0.05, 0.1) is 6.04 Å². The highest BCUT2D eigenvalue weighted by Gasteiger charge is 2.44. The maximum absolute atomic E-state index is 3.73. The first-order valence-corrected chi connectivity index (χ1v) is 10.7. The molecule has 3 atom stereocenters. The number of nitrogens with zero attached hydrogens (tertiary/aromatic N) is 1. The normalized spacial score (nSPS) is 25.6. The predicted molar refractivity (Wildman–Crippen MR) is 125 cm³/mol. The molecule has 0 aliphatic carbocycles. The van der Waals surface area contributed by atoms with Crippen LogP contribution in [0.4, 0.5) is 0 Å². The Labute approximate surface area is 176 Å². The quantitative estimate of drug-likeness (QED) is 0.535. The Morgan fingerprint density at radius 1 is 1.21 bits per heavy atom. The minimum Gasteiger partial charge on any atom is -0.300 e. The molecular weight excluding hydrogens is 352 g/mol. The van der Waals surface area contributed by atoms with Gasteiger partial charge < -0.3 is 5.01 Å². The number of rotatable bonds is 6. The van der Waals surface area contributed by atoms with Crippen molar-refractivity contribution in [3.63, 3.8) is 0 Å². The zero-order valence-corrected chi connectivity index (χ0v) is 18.4. The van der Waals surface area contributed by atoms with Crippen molar-refractivity contribution in [3.8, 4) is 0 Å². The van der Waals surface area contributed by atoms with E-state index in [0.29, 0.717) is 5.92 Å². The molecule has 2 aliphatic rings. The summed E-state index contributed by atoms with van der Waals surface area (Å²) in [6.07, 6.45) is 23.0. The lowest BCUT2D eigenvalue weighted by molar-refractivity contribution is 0.103. The Balaban J connectivity index is 2.17. The summed E-state index contributed by atoms with van der Waals surface area (Å²) in [4.78, 5) is 0. The first kappa shape index (κ1) is 21.1. The van der Waals surface area contributed by atoms with Gasteiger partial charge in [0.15, 0.2) is 0 Å². The van der Waals surface area contributed by atoms with E-state index in [1.807, 2.05) is 0 Å². The summed E-state index contributed by atoms with van der Waals surface area (Å²) in [6, 6.07) is 9.05. The molecule has 2 heterocycles. The summed E-state index contributed by atoms with van der Waals surface area (Å²) < 4.78 is 0. The Hall–Kier alpha value is -2.58. The third kappa shape index (κ3) is 3.95. The topological polar surface area (TPSA) is 15.3 Å². The molecule has 1 aromatic rings. The Morgan fingerprint density at radius 2 is 2.00 bits per heavy atom. The number of fused-ring (bicyclic) bond motifs is 4. The predicted octanol–water partition coefficient (Wildman–Crippen LogP) is 6.90. The van der Waals surface area contributed by atoms with Gasteiger partial charge in [-0.15, -0.1) is 0 Å². The van der Waals surface area contributed by atoms with Crippen LogP contribution in [0, 0.1) is 5.92 Å². The Bertz CT molecular complexity index is 897. The van der Waals surface area contributed by atoms with Crippen LogP contribution in [0.1, 0.15) is 58.2 Å². The number of nitrogens with one attached hydrogen (secondary N) is 1. The molecule has 0 amide bonds. The fourth-order valence-corrected chi connectivity index (χ4v) is 4.53. The fourth-order valence-electron chi connectivity index (χ4n) is 4.53. The molecule has 0 spiro atoms. The zero-order chi connectivity index (χ0) is 20.9. The van der Waals surface area contributed by atoms with E-state index in [1.54, 1.807) is 0 Å². The van der Waals surface area contributed by atoms with Crippen LogP contribution < -0.4 is 5.43 Å². The second-order valence-electron chi connectivity index (χ2n) is 7.83. The van der Waals surface area contributed by atoms with E-state index in [0.717, 1.165) is 6.42 Å². The van der Waals surface area contributed by atoms with Crippen molar-refractivity contribution in [3.05, 3.63) is 107 Å². The fraction of sp³-hybridized carbons (Fsp3) is 0.333. The third-order valence-corrected chi connectivity index (χ3v) is 5.98. The molecule has 1 aromatic carbocycles. The van der Waals surface area contributed by atoms with Crippen LogP contribution in [0.25, 0.3) is 0 Å². The largest absolute Gasteiger partial charge is 0.300 e. The van der Waals surface area contributed by atoms with E-state index in [-0.39, 0.29) is 11.6 Å². The maximum Gasteiger partial charge on any atom is 0.103 e. The molecule has 2 bridgehead atoms. The average molecular weight is 387 g/mol.